The van der Waals surface area contributed by atoms with E-state index in [1.54, 1.807) is 7.05 Å². The molecule has 0 saturated carbocycles. The zero-order valence-electron chi connectivity index (χ0n) is 13.2. The Morgan fingerprint density at radius 3 is 2.48 bits per heavy atom. The molecule has 5 nitrogen and oxygen atoms in total. The van der Waals surface area contributed by atoms with Crippen LogP contribution in [0.5, 0.6) is 0 Å². The molecule has 1 fully saturated rings. The fourth-order valence-electron chi connectivity index (χ4n) is 2.30. The number of carbonyl (C=O) groups excluding carboxylic acids is 1. The third-order valence-electron chi connectivity index (χ3n) is 3.79. The highest BCUT2D eigenvalue weighted by Gasteiger charge is 2.36. The summed E-state index contributed by atoms with van der Waals surface area (Å²) in [6.07, 6.45) is 1.18. The van der Waals surface area contributed by atoms with Crippen molar-refractivity contribution in [3.05, 3.63) is 23.3 Å². The number of anilines is 1. The maximum absolute atomic E-state index is 11.1. The summed E-state index contributed by atoms with van der Waals surface area (Å²) in [5.74, 6) is 0.230. The Labute approximate surface area is 125 Å². The molecule has 1 aliphatic heterocycles. The number of hydrogen-bond acceptors (Lipinski definition) is 4. The fourth-order valence-corrected chi connectivity index (χ4v) is 2.30. The minimum atomic E-state index is -0.576. The molecule has 0 aliphatic carbocycles. The summed E-state index contributed by atoms with van der Waals surface area (Å²) in [6, 6.07) is 3.92. The number of ether oxygens (including phenoxy) is 1. The highest BCUT2D eigenvalue weighted by molar-refractivity contribution is 6.11. The Kier molecular flexibility index (Phi) is 3.85. The second-order valence-electron chi connectivity index (χ2n) is 5.91. The summed E-state index contributed by atoms with van der Waals surface area (Å²) in [4.78, 5) is 17.3. The van der Waals surface area contributed by atoms with E-state index in [0.29, 0.717) is 6.42 Å². The maximum Gasteiger partial charge on any atom is 0.213 e. The van der Waals surface area contributed by atoms with Crippen molar-refractivity contribution in [2.24, 2.45) is 4.99 Å². The molecule has 1 aromatic carbocycles. The van der Waals surface area contributed by atoms with Gasteiger partial charge in [-0.25, -0.2) is 0 Å². The molecule has 1 N–H and O–H groups in total. The van der Waals surface area contributed by atoms with Gasteiger partial charge in [-0.15, -0.1) is 0 Å². The minimum Gasteiger partial charge on any atom is -0.469 e. The van der Waals surface area contributed by atoms with Crippen molar-refractivity contribution in [1.82, 2.24) is 0 Å². The molecule has 1 heterocycles. The van der Waals surface area contributed by atoms with Crippen LogP contribution in [0.2, 0.25) is 0 Å². The molecule has 1 aliphatic rings. The van der Waals surface area contributed by atoms with Crippen LogP contribution < -0.4 is 4.90 Å². The first-order chi connectivity index (χ1) is 9.74. The van der Waals surface area contributed by atoms with Crippen LogP contribution >= 0.6 is 0 Å². The van der Waals surface area contributed by atoms with Gasteiger partial charge in [0.2, 0.25) is 6.41 Å². The third kappa shape index (κ3) is 2.96. The van der Waals surface area contributed by atoms with Gasteiger partial charge in [-0.3, -0.25) is 15.2 Å². The second kappa shape index (κ2) is 5.31. The number of hydrogen-bond donors (Lipinski definition) is 1. The van der Waals surface area contributed by atoms with Gasteiger partial charge in [0.05, 0.1) is 23.5 Å². The van der Waals surface area contributed by atoms with Crippen LogP contribution in [-0.4, -0.2) is 30.7 Å². The minimum absolute atomic E-state index is 0.230. The summed E-state index contributed by atoms with van der Waals surface area (Å²) in [6.45, 7) is 7.82. The summed E-state index contributed by atoms with van der Waals surface area (Å²) in [5.41, 5.74) is 3.94. The van der Waals surface area contributed by atoms with Gasteiger partial charge in [0.1, 0.15) is 5.60 Å². The summed E-state index contributed by atoms with van der Waals surface area (Å²) in [7, 11) is 1.71. The maximum atomic E-state index is 11.1. The summed E-state index contributed by atoms with van der Waals surface area (Å²) in [5, 5.41) is 7.68. The number of amides is 1. The zero-order valence-corrected chi connectivity index (χ0v) is 13.2. The molecule has 0 unspecified atom stereocenters. The van der Waals surface area contributed by atoms with E-state index in [0.717, 1.165) is 34.6 Å². The van der Waals surface area contributed by atoms with Gasteiger partial charge in [-0.1, -0.05) is 0 Å². The van der Waals surface area contributed by atoms with Gasteiger partial charge < -0.3 is 9.64 Å². The van der Waals surface area contributed by atoms with E-state index in [9.17, 15) is 4.79 Å². The first-order valence-electron chi connectivity index (χ1n) is 6.88. The van der Waals surface area contributed by atoms with Crippen LogP contribution in [0.1, 0.15) is 31.4 Å². The molecule has 0 aromatic heterocycles. The lowest BCUT2D eigenvalue weighted by Crippen LogP contribution is -2.27. The molecule has 2 rings (SSSR count). The molecule has 1 aromatic rings. The van der Waals surface area contributed by atoms with Gasteiger partial charge in [-0.05, 0) is 51.0 Å². The predicted octanol–water partition coefficient (Wildman–Crippen LogP) is 3.14. The van der Waals surface area contributed by atoms with Crippen molar-refractivity contribution in [2.45, 2.75) is 39.7 Å². The normalized spacial score (nSPS) is 18.7. The quantitative estimate of drug-likeness (QED) is 0.868. The lowest BCUT2D eigenvalue weighted by atomic mass is 10.0. The van der Waals surface area contributed by atoms with Crippen molar-refractivity contribution >= 4 is 29.4 Å². The summed E-state index contributed by atoms with van der Waals surface area (Å²) >= 11 is 0. The van der Waals surface area contributed by atoms with Crippen molar-refractivity contribution in [1.29, 1.82) is 5.41 Å². The third-order valence-corrected chi connectivity index (χ3v) is 3.79. The number of nitrogens with one attached hydrogen (secondary N) is 1. The topological polar surface area (TPSA) is 65.8 Å². The zero-order chi connectivity index (χ0) is 15.8. The van der Waals surface area contributed by atoms with Crippen molar-refractivity contribution in [3.63, 3.8) is 0 Å². The average Bonchev–Trinajstić information content (AvgIpc) is 2.65. The Bertz CT molecular complexity index is 633. The Morgan fingerprint density at radius 2 is 1.95 bits per heavy atom. The lowest BCUT2D eigenvalue weighted by Gasteiger charge is -2.20. The molecule has 1 saturated heterocycles. The van der Waals surface area contributed by atoms with Crippen LogP contribution in [0.25, 0.3) is 0 Å². The second-order valence-corrected chi connectivity index (χ2v) is 5.91. The molecule has 1 amide bonds. The molecule has 112 valence electrons. The molecule has 0 atom stereocenters. The smallest absolute Gasteiger partial charge is 0.213 e. The average molecular weight is 287 g/mol. The number of rotatable bonds is 3. The predicted molar refractivity (Wildman–Crippen MR) is 85.0 cm³/mol. The number of aliphatic imine (C=N–C) groups is 1. The van der Waals surface area contributed by atoms with E-state index in [2.05, 4.69) is 4.99 Å². The van der Waals surface area contributed by atoms with Crippen LogP contribution in [0.3, 0.4) is 0 Å². The Balaban J connectivity index is 2.55. The van der Waals surface area contributed by atoms with E-state index < -0.39 is 5.60 Å². The molecule has 0 bridgehead atoms. The highest BCUT2D eigenvalue weighted by Crippen LogP contribution is 2.34. The van der Waals surface area contributed by atoms with E-state index in [1.165, 1.54) is 4.90 Å². The Morgan fingerprint density at radius 1 is 1.33 bits per heavy atom. The molecule has 21 heavy (non-hydrogen) atoms. The van der Waals surface area contributed by atoms with Crippen molar-refractivity contribution in [3.8, 4) is 0 Å². The van der Waals surface area contributed by atoms with Gasteiger partial charge in [-0.2, -0.15) is 0 Å². The van der Waals surface area contributed by atoms with Crippen LogP contribution in [-0.2, 0) is 9.53 Å². The van der Waals surface area contributed by atoms with E-state index >= 15 is 0 Å². The lowest BCUT2D eigenvalue weighted by molar-refractivity contribution is -0.107. The first-order valence-corrected chi connectivity index (χ1v) is 6.88. The monoisotopic (exact) mass is 287 g/mol. The number of benzene rings is 1. The Hall–Kier alpha value is -2.17. The fraction of sp³-hybridized carbons (Fsp3) is 0.438. The molecule has 0 spiro atoms. The van der Waals surface area contributed by atoms with Gasteiger partial charge in [0, 0.05) is 7.05 Å². The van der Waals surface area contributed by atoms with Crippen LogP contribution in [0.4, 0.5) is 11.4 Å². The van der Waals surface area contributed by atoms with Crippen LogP contribution in [0, 0.1) is 19.3 Å². The molecule has 0 radical (unpaired) electrons. The molecule has 5 heteroatoms. The van der Waals surface area contributed by atoms with E-state index in [4.69, 9.17) is 10.1 Å². The SMILES string of the molecule is Cc1cc(N=C2CC(=N)OC2(C)C)c(N(C)C=O)cc1C. The molecular formula is C16H21N3O2. The standard InChI is InChI=1S/C16H21N3O2/c1-10-6-12(13(7-11(10)2)19(5)9-20)18-14-8-15(17)21-16(14,3)4/h6-7,9,17H,8H2,1-5H3. The van der Waals surface area contributed by atoms with Gasteiger partial charge in [0.25, 0.3) is 0 Å². The van der Waals surface area contributed by atoms with Gasteiger partial charge in [0.15, 0.2) is 5.90 Å². The first kappa shape index (κ1) is 15.2. The highest BCUT2D eigenvalue weighted by atomic mass is 16.5. The van der Waals surface area contributed by atoms with E-state index in [-0.39, 0.29) is 5.90 Å². The van der Waals surface area contributed by atoms with E-state index in [1.807, 2.05) is 39.8 Å². The largest absolute Gasteiger partial charge is 0.469 e. The molecular weight excluding hydrogens is 266 g/mol. The van der Waals surface area contributed by atoms with Crippen molar-refractivity contribution < 1.29 is 9.53 Å². The van der Waals surface area contributed by atoms with Gasteiger partial charge >= 0.3 is 0 Å². The number of carbonyl (C=O) groups is 1. The van der Waals surface area contributed by atoms with Crippen LogP contribution in [0.15, 0.2) is 17.1 Å². The van der Waals surface area contributed by atoms with Crippen molar-refractivity contribution in [2.75, 3.05) is 11.9 Å². The number of nitrogens with zero attached hydrogens (tertiary/aromatic N) is 2. The summed E-state index contributed by atoms with van der Waals surface area (Å²) < 4.78 is 5.48. The number of aryl methyl sites for hydroxylation is 2.